The van der Waals surface area contributed by atoms with Gasteiger partial charge in [-0.05, 0) is 35.9 Å². The fourth-order valence-corrected chi connectivity index (χ4v) is 4.19. The van der Waals surface area contributed by atoms with E-state index in [1.807, 2.05) is 0 Å². The molecule has 10 heteroatoms. The largest absolute Gasteiger partial charge is 0.468 e. The van der Waals surface area contributed by atoms with Crippen LogP contribution in [0.1, 0.15) is 16.1 Å². The molecule has 0 radical (unpaired) electrons. The first-order valence-electron chi connectivity index (χ1n) is 9.96. The van der Waals surface area contributed by atoms with E-state index in [0.29, 0.717) is 59.2 Å². The van der Waals surface area contributed by atoms with Gasteiger partial charge in [-0.3, -0.25) is 9.69 Å². The summed E-state index contributed by atoms with van der Waals surface area (Å²) in [5.74, 6) is -0.121. The smallest absolute Gasteiger partial charge is 0.274 e. The number of piperazine rings is 1. The van der Waals surface area contributed by atoms with Gasteiger partial charge in [0.2, 0.25) is 0 Å². The van der Waals surface area contributed by atoms with Gasteiger partial charge in [0, 0.05) is 43.9 Å². The van der Waals surface area contributed by atoms with E-state index < -0.39 is 0 Å². The van der Waals surface area contributed by atoms with Crippen LogP contribution in [-0.2, 0) is 13.3 Å². The maximum atomic E-state index is 13.2. The highest BCUT2D eigenvalue weighted by Crippen LogP contribution is 2.32. The lowest BCUT2D eigenvalue weighted by Crippen LogP contribution is -2.48. The summed E-state index contributed by atoms with van der Waals surface area (Å²) in [7, 11) is 0. The van der Waals surface area contributed by atoms with Crippen molar-refractivity contribution in [3.8, 4) is 5.75 Å². The third kappa shape index (κ3) is 5.35. The minimum atomic E-state index is -0.353. The van der Waals surface area contributed by atoms with E-state index in [-0.39, 0.29) is 18.5 Å². The number of hydrogen-bond acceptors (Lipinski definition) is 4. The number of aromatic nitrogens is 2. The van der Waals surface area contributed by atoms with Crippen LogP contribution in [0.25, 0.3) is 0 Å². The molecule has 3 aromatic rings. The van der Waals surface area contributed by atoms with Crippen molar-refractivity contribution in [3.63, 3.8) is 0 Å². The normalized spacial score (nSPS) is 14.6. The molecule has 2 heterocycles. The van der Waals surface area contributed by atoms with E-state index in [0.717, 1.165) is 5.56 Å². The van der Waals surface area contributed by atoms with Crippen LogP contribution in [0.5, 0.6) is 5.75 Å². The first kappa shape index (κ1) is 22.9. The third-order valence-corrected chi connectivity index (χ3v) is 6.14. The van der Waals surface area contributed by atoms with Crippen LogP contribution in [0.3, 0.4) is 0 Å². The Balaban J connectivity index is 1.30. The highest BCUT2D eigenvalue weighted by Gasteiger charge is 2.24. The fraction of sp³-hybridized carbons (Fsp3) is 0.273. The quantitative estimate of drug-likeness (QED) is 0.482. The number of carbonyl (C=O) groups is 1. The standard InChI is InChI=1S/C22H20Cl3FN4O2/c23-17-2-1-3-18(24)21(17)32-14-30-7-6-20(27-30)22(31)29-10-8-28(9-11-29)13-15-4-5-16(26)12-19(15)25/h1-7,12H,8-11,13-14H2. The van der Waals surface area contributed by atoms with Crippen molar-refractivity contribution in [3.05, 3.63) is 80.8 Å². The van der Waals surface area contributed by atoms with Gasteiger partial charge >= 0.3 is 0 Å². The Morgan fingerprint density at radius 2 is 1.72 bits per heavy atom. The summed E-state index contributed by atoms with van der Waals surface area (Å²) in [6.45, 7) is 3.19. The van der Waals surface area contributed by atoms with E-state index in [4.69, 9.17) is 39.5 Å². The number of hydrogen-bond donors (Lipinski definition) is 0. The van der Waals surface area contributed by atoms with Crippen molar-refractivity contribution < 1.29 is 13.9 Å². The highest BCUT2D eigenvalue weighted by atomic mass is 35.5. The number of ether oxygens (including phenoxy) is 1. The van der Waals surface area contributed by atoms with Crippen molar-refractivity contribution in [1.29, 1.82) is 0 Å². The molecule has 0 atom stereocenters. The average molecular weight is 498 g/mol. The zero-order chi connectivity index (χ0) is 22.7. The van der Waals surface area contributed by atoms with E-state index in [1.165, 1.54) is 16.8 Å². The summed E-state index contributed by atoms with van der Waals surface area (Å²) >= 11 is 18.3. The molecule has 0 bridgehead atoms. The van der Waals surface area contributed by atoms with Crippen molar-refractivity contribution in [2.24, 2.45) is 0 Å². The molecule has 1 aliphatic rings. The van der Waals surface area contributed by atoms with Crippen LogP contribution in [-0.4, -0.2) is 51.7 Å². The number of carbonyl (C=O) groups excluding carboxylic acids is 1. The van der Waals surface area contributed by atoms with Gasteiger partial charge in [-0.2, -0.15) is 5.10 Å². The van der Waals surface area contributed by atoms with E-state index in [2.05, 4.69) is 10.00 Å². The Kier molecular flexibility index (Phi) is 7.20. The number of rotatable bonds is 6. The van der Waals surface area contributed by atoms with Gasteiger partial charge < -0.3 is 9.64 Å². The molecule has 1 amide bonds. The first-order valence-corrected chi connectivity index (χ1v) is 11.1. The lowest BCUT2D eigenvalue weighted by Gasteiger charge is -2.34. The van der Waals surface area contributed by atoms with Crippen LogP contribution in [0.4, 0.5) is 4.39 Å². The Labute approximate surface area is 200 Å². The lowest BCUT2D eigenvalue weighted by atomic mass is 10.2. The van der Waals surface area contributed by atoms with Crippen LogP contribution in [0.15, 0.2) is 48.7 Å². The molecule has 1 aromatic heterocycles. The molecular formula is C22H20Cl3FN4O2. The first-order chi connectivity index (χ1) is 15.4. The molecule has 0 aliphatic carbocycles. The molecule has 6 nitrogen and oxygen atoms in total. The molecule has 0 spiro atoms. The van der Waals surface area contributed by atoms with E-state index >= 15 is 0 Å². The molecule has 0 saturated carbocycles. The molecular weight excluding hydrogens is 478 g/mol. The van der Waals surface area contributed by atoms with Crippen molar-refractivity contribution in [1.82, 2.24) is 19.6 Å². The summed E-state index contributed by atoms with van der Waals surface area (Å²) in [6, 6.07) is 11.2. The topological polar surface area (TPSA) is 50.6 Å². The molecule has 1 fully saturated rings. The second kappa shape index (κ2) is 10.1. The number of nitrogens with zero attached hydrogens (tertiary/aromatic N) is 4. The van der Waals surface area contributed by atoms with E-state index in [1.54, 1.807) is 41.4 Å². The molecule has 1 saturated heterocycles. The predicted octanol–water partition coefficient (Wildman–Crippen LogP) is 4.98. The molecule has 168 valence electrons. The van der Waals surface area contributed by atoms with Gasteiger partial charge in [0.15, 0.2) is 18.2 Å². The second-order valence-electron chi connectivity index (χ2n) is 7.37. The molecule has 4 rings (SSSR count). The van der Waals surface area contributed by atoms with Gasteiger partial charge in [0.1, 0.15) is 5.82 Å². The molecule has 1 aliphatic heterocycles. The predicted molar refractivity (Wildman–Crippen MR) is 122 cm³/mol. The van der Waals surface area contributed by atoms with Gasteiger partial charge in [-0.25, -0.2) is 9.07 Å². The van der Waals surface area contributed by atoms with Crippen LogP contribution in [0.2, 0.25) is 15.1 Å². The van der Waals surface area contributed by atoms with Gasteiger partial charge in [0.25, 0.3) is 5.91 Å². The van der Waals surface area contributed by atoms with Gasteiger partial charge in [-0.1, -0.05) is 46.9 Å². The van der Waals surface area contributed by atoms with Gasteiger partial charge in [0.05, 0.1) is 10.0 Å². The van der Waals surface area contributed by atoms with Crippen molar-refractivity contribution in [2.75, 3.05) is 26.2 Å². The number of benzene rings is 2. The summed E-state index contributed by atoms with van der Waals surface area (Å²) < 4.78 is 20.4. The number of halogens is 4. The monoisotopic (exact) mass is 496 g/mol. The van der Waals surface area contributed by atoms with Crippen LogP contribution in [0, 0.1) is 5.82 Å². The second-order valence-corrected chi connectivity index (χ2v) is 8.59. The zero-order valence-corrected chi connectivity index (χ0v) is 19.2. The Hall–Kier alpha value is -2.32. The third-order valence-electron chi connectivity index (χ3n) is 5.19. The summed E-state index contributed by atoms with van der Waals surface area (Å²) in [6.07, 6.45) is 1.67. The Bertz CT molecular complexity index is 1100. The molecule has 32 heavy (non-hydrogen) atoms. The van der Waals surface area contributed by atoms with Gasteiger partial charge in [-0.15, -0.1) is 0 Å². The van der Waals surface area contributed by atoms with Crippen molar-refractivity contribution in [2.45, 2.75) is 13.3 Å². The fourth-order valence-electron chi connectivity index (χ4n) is 3.46. The molecule has 2 aromatic carbocycles. The number of amides is 1. The Morgan fingerprint density at radius 1 is 1.00 bits per heavy atom. The SMILES string of the molecule is O=C(c1ccn(COc2c(Cl)cccc2Cl)n1)N1CCN(Cc2ccc(F)cc2Cl)CC1. The Morgan fingerprint density at radius 3 is 2.41 bits per heavy atom. The zero-order valence-electron chi connectivity index (χ0n) is 17.0. The minimum absolute atomic E-state index is 0.0724. The maximum absolute atomic E-state index is 13.2. The van der Waals surface area contributed by atoms with Crippen LogP contribution < -0.4 is 4.74 Å². The lowest BCUT2D eigenvalue weighted by molar-refractivity contribution is 0.0620. The van der Waals surface area contributed by atoms with Crippen molar-refractivity contribution >= 4 is 40.7 Å². The molecule has 0 unspecified atom stereocenters. The van der Waals surface area contributed by atoms with E-state index in [9.17, 15) is 9.18 Å². The summed E-state index contributed by atoms with van der Waals surface area (Å²) in [5, 5.41) is 5.53. The number of para-hydroxylation sites is 1. The highest BCUT2D eigenvalue weighted by molar-refractivity contribution is 6.37. The van der Waals surface area contributed by atoms with Crippen LogP contribution >= 0.6 is 34.8 Å². The summed E-state index contributed by atoms with van der Waals surface area (Å²) in [4.78, 5) is 16.8. The summed E-state index contributed by atoms with van der Waals surface area (Å²) in [5.41, 5.74) is 1.21. The minimum Gasteiger partial charge on any atom is -0.468 e. The average Bonchev–Trinajstić information content (AvgIpc) is 3.24. The maximum Gasteiger partial charge on any atom is 0.274 e. The molecule has 0 N–H and O–H groups in total.